The van der Waals surface area contributed by atoms with E-state index in [-0.39, 0.29) is 23.8 Å². The Hall–Kier alpha value is -3.29. The summed E-state index contributed by atoms with van der Waals surface area (Å²) in [7, 11) is 0. The molecule has 3 aromatic heterocycles. The van der Waals surface area contributed by atoms with Crippen molar-refractivity contribution in [2.45, 2.75) is 39.3 Å². The molecule has 4 heterocycles. The first-order chi connectivity index (χ1) is 13.0. The maximum absolute atomic E-state index is 13.0. The zero-order valence-corrected chi connectivity index (χ0v) is 15.5. The van der Waals surface area contributed by atoms with Crippen molar-refractivity contribution in [1.29, 1.82) is 0 Å². The molecule has 0 aromatic carbocycles. The summed E-state index contributed by atoms with van der Waals surface area (Å²) in [5.74, 6) is 0.336. The first-order valence-electron chi connectivity index (χ1n) is 8.88. The summed E-state index contributed by atoms with van der Waals surface area (Å²) in [5.41, 5.74) is 10.6. The van der Waals surface area contributed by atoms with Gasteiger partial charge >= 0.3 is 0 Å². The largest absolute Gasteiger partial charge is 0.368 e. The molecule has 0 saturated carbocycles. The number of fused-ring (bicyclic) bond motifs is 1. The lowest BCUT2D eigenvalue weighted by atomic mass is 10.1. The third-order valence-corrected chi connectivity index (χ3v) is 4.90. The second-order valence-corrected chi connectivity index (χ2v) is 7.00. The van der Waals surface area contributed by atoms with Crippen molar-refractivity contribution in [1.82, 2.24) is 30.0 Å². The minimum Gasteiger partial charge on any atom is -0.368 e. The van der Waals surface area contributed by atoms with E-state index in [4.69, 9.17) is 5.73 Å². The van der Waals surface area contributed by atoms with Crippen LogP contribution in [0, 0.1) is 0 Å². The second kappa shape index (κ2) is 6.46. The quantitative estimate of drug-likeness (QED) is 0.739. The van der Waals surface area contributed by atoms with Crippen molar-refractivity contribution in [3.8, 4) is 11.3 Å². The molecule has 1 aliphatic heterocycles. The Morgan fingerprint density at radius 3 is 2.70 bits per heavy atom. The van der Waals surface area contributed by atoms with E-state index in [9.17, 15) is 4.79 Å². The van der Waals surface area contributed by atoms with Gasteiger partial charge in [0.2, 0.25) is 5.95 Å². The van der Waals surface area contributed by atoms with E-state index in [0.29, 0.717) is 12.2 Å². The fraction of sp³-hybridized carbons (Fsp3) is 0.316. The Bertz CT molecular complexity index is 997. The van der Waals surface area contributed by atoms with E-state index < -0.39 is 0 Å². The van der Waals surface area contributed by atoms with Crippen molar-refractivity contribution >= 4 is 11.9 Å². The topological polar surface area (TPSA) is 114 Å². The van der Waals surface area contributed by atoms with Crippen molar-refractivity contribution < 1.29 is 4.79 Å². The molecule has 0 bridgehead atoms. The van der Waals surface area contributed by atoms with Crippen LogP contribution in [0.4, 0.5) is 5.95 Å². The first kappa shape index (κ1) is 17.1. The molecule has 1 atom stereocenters. The molecule has 1 amide bonds. The lowest BCUT2D eigenvalue weighted by Gasteiger charge is -2.20. The molecule has 0 radical (unpaired) electrons. The molecule has 8 nitrogen and oxygen atoms in total. The van der Waals surface area contributed by atoms with Gasteiger partial charge in [-0.15, -0.1) is 0 Å². The standard InChI is InChI=1S/C19H21N7O/c1-10(2)14-8-15(25-24-14)18(27)26-9-13-16(11(26)3)22-19(20)23-17(13)12-4-6-21-7-5-12/h4-8,10-11H,9H2,1-3H3,(H,24,25)(H2,20,22,23)/t11-/m1/s1. The van der Waals surface area contributed by atoms with Gasteiger partial charge < -0.3 is 10.6 Å². The number of aromatic amines is 1. The number of aromatic nitrogens is 5. The molecule has 4 rings (SSSR count). The lowest BCUT2D eigenvalue weighted by Crippen LogP contribution is -2.28. The average Bonchev–Trinajstić information content (AvgIpc) is 3.27. The van der Waals surface area contributed by atoms with Crippen LogP contribution in [0.5, 0.6) is 0 Å². The Labute approximate surface area is 156 Å². The number of nitrogens with two attached hydrogens (primary N) is 1. The van der Waals surface area contributed by atoms with Crippen LogP contribution in [-0.2, 0) is 6.54 Å². The van der Waals surface area contributed by atoms with Crippen LogP contribution in [0.1, 0.15) is 60.2 Å². The summed E-state index contributed by atoms with van der Waals surface area (Å²) < 4.78 is 0. The van der Waals surface area contributed by atoms with Crippen LogP contribution in [0.3, 0.4) is 0 Å². The Kier molecular flexibility index (Phi) is 4.10. The molecular weight excluding hydrogens is 342 g/mol. The number of anilines is 1. The first-order valence-corrected chi connectivity index (χ1v) is 8.88. The SMILES string of the molecule is CC(C)c1cc(C(=O)N2Cc3c(-c4ccncc4)nc(N)nc3[C@H]2C)n[nH]1. The molecule has 3 N–H and O–H groups in total. The molecule has 3 aromatic rings. The molecule has 0 saturated heterocycles. The normalized spacial score (nSPS) is 16.0. The molecule has 27 heavy (non-hydrogen) atoms. The van der Waals surface area contributed by atoms with Gasteiger partial charge in [-0.2, -0.15) is 5.10 Å². The molecule has 8 heteroatoms. The number of hydrogen-bond donors (Lipinski definition) is 2. The number of carbonyl (C=O) groups excluding carboxylic acids is 1. The fourth-order valence-corrected chi connectivity index (χ4v) is 3.36. The average molecular weight is 363 g/mol. The van der Waals surface area contributed by atoms with Crippen molar-refractivity contribution in [3.63, 3.8) is 0 Å². The number of pyridine rings is 1. The minimum absolute atomic E-state index is 0.136. The molecule has 0 aliphatic carbocycles. The summed E-state index contributed by atoms with van der Waals surface area (Å²) in [4.78, 5) is 27.7. The Morgan fingerprint density at radius 2 is 2.04 bits per heavy atom. The van der Waals surface area contributed by atoms with Gasteiger partial charge in [-0.25, -0.2) is 9.97 Å². The zero-order chi connectivity index (χ0) is 19.1. The Morgan fingerprint density at radius 1 is 1.30 bits per heavy atom. The van der Waals surface area contributed by atoms with E-state index in [1.165, 1.54) is 0 Å². The van der Waals surface area contributed by atoms with Crippen LogP contribution in [0.15, 0.2) is 30.6 Å². The highest BCUT2D eigenvalue weighted by Gasteiger charge is 2.36. The predicted molar refractivity (Wildman–Crippen MR) is 101 cm³/mol. The van der Waals surface area contributed by atoms with Gasteiger partial charge in [-0.1, -0.05) is 13.8 Å². The highest BCUT2D eigenvalue weighted by atomic mass is 16.2. The van der Waals surface area contributed by atoms with Crippen LogP contribution in [0.2, 0.25) is 0 Å². The zero-order valence-electron chi connectivity index (χ0n) is 15.5. The van der Waals surface area contributed by atoms with Gasteiger partial charge in [-0.05, 0) is 31.0 Å². The predicted octanol–water partition coefficient (Wildman–Crippen LogP) is 2.68. The van der Waals surface area contributed by atoms with Crippen LogP contribution < -0.4 is 5.73 Å². The van der Waals surface area contributed by atoms with E-state index in [0.717, 1.165) is 28.2 Å². The van der Waals surface area contributed by atoms with E-state index in [1.54, 1.807) is 17.3 Å². The fourth-order valence-electron chi connectivity index (χ4n) is 3.36. The second-order valence-electron chi connectivity index (χ2n) is 7.00. The number of nitrogen functional groups attached to an aromatic ring is 1. The number of amides is 1. The van der Waals surface area contributed by atoms with Gasteiger partial charge in [0.25, 0.3) is 5.91 Å². The smallest absolute Gasteiger partial charge is 0.275 e. The van der Waals surface area contributed by atoms with Crippen molar-refractivity contribution in [2.75, 3.05) is 5.73 Å². The molecule has 1 aliphatic rings. The number of carbonyl (C=O) groups is 1. The summed E-state index contributed by atoms with van der Waals surface area (Å²) in [6, 6.07) is 5.35. The maximum Gasteiger partial charge on any atom is 0.275 e. The third kappa shape index (κ3) is 2.92. The van der Waals surface area contributed by atoms with Crippen LogP contribution >= 0.6 is 0 Å². The summed E-state index contributed by atoms with van der Waals surface area (Å²) in [6.45, 7) is 6.46. The number of rotatable bonds is 3. The number of hydrogen-bond acceptors (Lipinski definition) is 6. The van der Waals surface area contributed by atoms with Gasteiger partial charge in [0.1, 0.15) is 5.69 Å². The van der Waals surface area contributed by atoms with Crippen molar-refractivity contribution in [2.24, 2.45) is 0 Å². The van der Waals surface area contributed by atoms with Gasteiger partial charge in [-0.3, -0.25) is 14.9 Å². The summed E-state index contributed by atoms with van der Waals surface area (Å²) >= 11 is 0. The molecule has 0 fully saturated rings. The van der Waals surface area contributed by atoms with Crippen LogP contribution in [-0.4, -0.2) is 36.0 Å². The number of nitrogens with zero attached hydrogens (tertiary/aromatic N) is 5. The van der Waals surface area contributed by atoms with Crippen molar-refractivity contribution in [3.05, 3.63) is 53.2 Å². The molecule has 138 valence electrons. The minimum atomic E-state index is -0.211. The maximum atomic E-state index is 13.0. The summed E-state index contributed by atoms with van der Waals surface area (Å²) in [5, 5.41) is 7.13. The molecular formula is C19H21N7O. The van der Waals surface area contributed by atoms with Gasteiger partial charge in [0.15, 0.2) is 0 Å². The van der Waals surface area contributed by atoms with Gasteiger partial charge in [0, 0.05) is 29.2 Å². The monoisotopic (exact) mass is 363 g/mol. The highest BCUT2D eigenvalue weighted by molar-refractivity contribution is 5.93. The Balaban J connectivity index is 1.71. The lowest BCUT2D eigenvalue weighted by molar-refractivity contribution is 0.0697. The number of nitrogens with one attached hydrogen (secondary N) is 1. The highest BCUT2D eigenvalue weighted by Crippen LogP contribution is 2.38. The molecule has 0 spiro atoms. The van der Waals surface area contributed by atoms with E-state index >= 15 is 0 Å². The number of H-pyrrole nitrogens is 1. The van der Waals surface area contributed by atoms with Gasteiger partial charge in [0.05, 0.1) is 24.0 Å². The van der Waals surface area contributed by atoms with E-state index in [1.807, 2.05) is 25.1 Å². The van der Waals surface area contributed by atoms with E-state index in [2.05, 4.69) is 39.0 Å². The summed E-state index contributed by atoms with van der Waals surface area (Å²) in [6.07, 6.45) is 3.41. The third-order valence-electron chi connectivity index (χ3n) is 4.90. The van der Waals surface area contributed by atoms with Crippen LogP contribution in [0.25, 0.3) is 11.3 Å². The molecule has 0 unspecified atom stereocenters.